The van der Waals surface area contributed by atoms with Crippen LogP contribution in [0.4, 0.5) is 13.2 Å². The fourth-order valence-corrected chi connectivity index (χ4v) is 5.31. The Bertz CT molecular complexity index is 1260. The second-order valence-corrected chi connectivity index (χ2v) is 8.58. The molecule has 0 amide bonds. The molecule has 0 radical (unpaired) electrons. The number of hydrogen-bond donors (Lipinski definition) is 1. The van der Waals surface area contributed by atoms with Gasteiger partial charge < -0.3 is 0 Å². The molecule has 1 N–H and O–H groups in total. The molecular formula is C18H20F3N5O3S. The Morgan fingerprint density at radius 2 is 1.93 bits per heavy atom. The van der Waals surface area contributed by atoms with Crippen LogP contribution in [0.2, 0.25) is 0 Å². The molecule has 30 heavy (non-hydrogen) atoms. The van der Waals surface area contributed by atoms with Crippen LogP contribution in [0.5, 0.6) is 0 Å². The Morgan fingerprint density at radius 1 is 1.23 bits per heavy atom. The minimum atomic E-state index is -4.43. The molecule has 3 aromatic heterocycles. The van der Waals surface area contributed by atoms with Gasteiger partial charge in [-0.3, -0.25) is 18.9 Å². The summed E-state index contributed by atoms with van der Waals surface area (Å²) in [5.41, 5.74) is -1.06. The van der Waals surface area contributed by atoms with Crippen molar-refractivity contribution in [2.75, 3.05) is 0 Å². The third-order valence-corrected chi connectivity index (χ3v) is 6.86. The summed E-state index contributed by atoms with van der Waals surface area (Å²) in [7, 11) is 0. The van der Waals surface area contributed by atoms with E-state index in [9.17, 15) is 27.6 Å². The molecule has 0 aliphatic heterocycles. The van der Waals surface area contributed by atoms with Crippen LogP contribution in [0, 0.1) is 6.92 Å². The predicted molar refractivity (Wildman–Crippen MR) is 105 cm³/mol. The molecule has 162 valence electrons. The average molecular weight is 443 g/mol. The molecule has 0 spiro atoms. The quantitative estimate of drug-likeness (QED) is 0.656. The van der Waals surface area contributed by atoms with Gasteiger partial charge in [0, 0.05) is 17.5 Å². The van der Waals surface area contributed by atoms with Crippen LogP contribution in [0.25, 0.3) is 10.2 Å². The third kappa shape index (κ3) is 3.64. The van der Waals surface area contributed by atoms with Gasteiger partial charge in [-0.2, -0.15) is 18.3 Å². The number of aryl methyl sites for hydroxylation is 2. The normalized spacial score (nSPS) is 15.5. The van der Waals surface area contributed by atoms with Crippen molar-refractivity contribution in [2.45, 2.75) is 64.3 Å². The van der Waals surface area contributed by atoms with Gasteiger partial charge in [-0.25, -0.2) is 14.3 Å². The van der Waals surface area contributed by atoms with Crippen LogP contribution < -0.4 is 16.9 Å². The van der Waals surface area contributed by atoms with Crippen molar-refractivity contribution < 1.29 is 13.2 Å². The highest BCUT2D eigenvalue weighted by atomic mass is 32.1. The summed E-state index contributed by atoms with van der Waals surface area (Å²) in [4.78, 5) is 41.3. The highest BCUT2D eigenvalue weighted by Crippen LogP contribution is 2.32. The van der Waals surface area contributed by atoms with Gasteiger partial charge in [0.2, 0.25) is 0 Å². The lowest BCUT2D eigenvalue weighted by Gasteiger charge is -2.17. The molecule has 3 heterocycles. The zero-order chi connectivity index (χ0) is 21.6. The summed E-state index contributed by atoms with van der Waals surface area (Å²) in [5, 5.41) is 4.13. The molecule has 1 aliphatic carbocycles. The molecule has 1 aliphatic rings. The molecule has 1 fully saturated rings. The van der Waals surface area contributed by atoms with Gasteiger partial charge in [0.05, 0.1) is 18.4 Å². The van der Waals surface area contributed by atoms with Crippen LogP contribution in [0.1, 0.15) is 48.6 Å². The Hall–Kier alpha value is -2.63. The number of thiophene rings is 1. The number of H-pyrrole nitrogens is 1. The fourth-order valence-electron chi connectivity index (χ4n) is 4.01. The number of aromatic nitrogens is 5. The lowest BCUT2D eigenvalue weighted by Crippen LogP contribution is -2.42. The van der Waals surface area contributed by atoms with E-state index in [0.717, 1.165) is 38.0 Å². The van der Waals surface area contributed by atoms with Gasteiger partial charge in [0.15, 0.2) is 0 Å². The second kappa shape index (κ2) is 7.56. The van der Waals surface area contributed by atoms with E-state index in [1.165, 1.54) is 6.33 Å². The summed E-state index contributed by atoms with van der Waals surface area (Å²) in [6.45, 7) is 1.18. The van der Waals surface area contributed by atoms with E-state index >= 15 is 0 Å². The minimum Gasteiger partial charge on any atom is -0.295 e. The average Bonchev–Trinajstić information content (AvgIpc) is 3.38. The van der Waals surface area contributed by atoms with Crippen LogP contribution in [-0.4, -0.2) is 30.1 Å². The number of nitrogens with one attached hydrogen (secondary N) is 1. The van der Waals surface area contributed by atoms with Crippen LogP contribution in [0.3, 0.4) is 0 Å². The van der Waals surface area contributed by atoms with Gasteiger partial charge in [-0.05, 0) is 25.3 Å². The fraction of sp³-hybridized carbons (Fsp3) is 0.556. The van der Waals surface area contributed by atoms with Crippen molar-refractivity contribution in [1.29, 1.82) is 0 Å². The van der Waals surface area contributed by atoms with Gasteiger partial charge in [-0.1, -0.05) is 12.8 Å². The first-order chi connectivity index (χ1) is 14.2. The molecular weight excluding hydrogens is 423 g/mol. The van der Waals surface area contributed by atoms with E-state index in [4.69, 9.17) is 0 Å². The second-order valence-electron chi connectivity index (χ2n) is 7.49. The number of alkyl halides is 3. The van der Waals surface area contributed by atoms with E-state index in [1.54, 1.807) is 6.92 Å². The molecule has 12 heteroatoms. The van der Waals surface area contributed by atoms with E-state index in [-0.39, 0.29) is 22.8 Å². The topological polar surface area (TPSA) is 94.7 Å². The van der Waals surface area contributed by atoms with Crippen molar-refractivity contribution in [3.05, 3.63) is 48.1 Å². The Kier molecular flexibility index (Phi) is 5.20. The summed E-state index contributed by atoms with van der Waals surface area (Å²) < 4.78 is 42.1. The molecule has 3 aromatic rings. The Balaban J connectivity index is 1.92. The summed E-state index contributed by atoms with van der Waals surface area (Å²) >= 11 is 1.06. The largest absolute Gasteiger partial charge is 0.390 e. The molecule has 0 bridgehead atoms. The molecule has 8 nitrogen and oxygen atoms in total. The number of hydrogen-bond acceptors (Lipinski definition) is 5. The maximum Gasteiger partial charge on any atom is 0.390 e. The molecule has 0 atom stereocenters. The molecule has 0 unspecified atom stereocenters. The van der Waals surface area contributed by atoms with Gasteiger partial charge in [0.25, 0.3) is 5.56 Å². The van der Waals surface area contributed by atoms with E-state index in [1.807, 2.05) is 0 Å². The number of halogens is 3. The Labute approximate surface area is 171 Å². The third-order valence-electron chi connectivity index (χ3n) is 5.56. The number of aromatic amines is 1. The summed E-state index contributed by atoms with van der Waals surface area (Å²) in [6.07, 6.45) is -1.33. The van der Waals surface area contributed by atoms with Crippen molar-refractivity contribution in [3.63, 3.8) is 0 Å². The highest BCUT2D eigenvalue weighted by Gasteiger charge is 2.30. The van der Waals surface area contributed by atoms with Gasteiger partial charge in [-0.15, -0.1) is 11.3 Å². The first-order valence-electron chi connectivity index (χ1n) is 9.62. The van der Waals surface area contributed by atoms with E-state index in [2.05, 4.69) is 10.1 Å². The van der Waals surface area contributed by atoms with Crippen molar-refractivity contribution in [1.82, 2.24) is 23.9 Å². The molecule has 0 aromatic carbocycles. The summed E-state index contributed by atoms with van der Waals surface area (Å²) in [5.74, 6) is 0. The summed E-state index contributed by atoms with van der Waals surface area (Å²) in [6, 6.07) is -0.303. The standard InChI is InChI=1S/C18H20F3N5O3S/c1-10-12(8-25-16(28)22-9-23-25)30-15-13(10)14(27)26(11-4-2-3-5-11)17(29)24(15)7-6-18(19,20)21/h9,11H,2-8H2,1H3,(H,22,23,28). The smallest absolute Gasteiger partial charge is 0.295 e. The lowest BCUT2D eigenvalue weighted by molar-refractivity contribution is -0.136. The van der Waals surface area contributed by atoms with E-state index in [0.29, 0.717) is 23.3 Å². The highest BCUT2D eigenvalue weighted by molar-refractivity contribution is 7.18. The SMILES string of the molecule is Cc1c(Cn2nc[nH]c2=O)sc2c1c(=O)n(C1CCCC1)c(=O)n2CCC(F)(F)F. The van der Waals surface area contributed by atoms with Crippen molar-refractivity contribution >= 4 is 21.6 Å². The predicted octanol–water partition coefficient (Wildman–Crippen LogP) is 2.53. The zero-order valence-electron chi connectivity index (χ0n) is 16.2. The molecule has 1 saturated carbocycles. The first kappa shape index (κ1) is 20.6. The van der Waals surface area contributed by atoms with Gasteiger partial charge in [0.1, 0.15) is 11.2 Å². The first-order valence-corrected chi connectivity index (χ1v) is 10.4. The minimum absolute atomic E-state index is 0.0594. The van der Waals surface area contributed by atoms with Gasteiger partial charge >= 0.3 is 17.6 Å². The number of nitrogens with zero attached hydrogens (tertiary/aromatic N) is 4. The molecule has 0 saturated heterocycles. The van der Waals surface area contributed by atoms with Crippen LogP contribution in [-0.2, 0) is 13.1 Å². The van der Waals surface area contributed by atoms with Crippen LogP contribution in [0.15, 0.2) is 20.7 Å². The van der Waals surface area contributed by atoms with Crippen molar-refractivity contribution in [3.8, 4) is 0 Å². The maximum absolute atomic E-state index is 13.2. The monoisotopic (exact) mass is 443 g/mol. The zero-order valence-corrected chi connectivity index (χ0v) is 17.0. The maximum atomic E-state index is 13.2. The lowest BCUT2D eigenvalue weighted by atomic mass is 10.2. The van der Waals surface area contributed by atoms with E-state index < -0.39 is 36.1 Å². The molecule has 4 rings (SSSR count). The van der Waals surface area contributed by atoms with Crippen LogP contribution >= 0.6 is 11.3 Å². The number of fused-ring (bicyclic) bond motifs is 1. The number of rotatable bonds is 5. The Morgan fingerprint density at radius 3 is 2.53 bits per heavy atom. The van der Waals surface area contributed by atoms with Crippen molar-refractivity contribution in [2.24, 2.45) is 0 Å².